The molecule has 0 aliphatic carbocycles. The highest BCUT2D eigenvalue weighted by atomic mass is 19.3. The van der Waals surface area contributed by atoms with Gasteiger partial charge in [0.25, 0.3) is 6.43 Å². The Bertz CT molecular complexity index is 32.5. The summed E-state index contributed by atoms with van der Waals surface area (Å²) in [6.45, 7) is -0.208. The van der Waals surface area contributed by atoms with Crippen LogP contribution < -0.4 is 5.32 Å². The number of hydrogen-bond acceptors (Lipinski definition) is 1. The Hall–Kier alpha value is -0.250. The lowest BCUT2D eigenvalue weighted by Gasteiger charge is -1.91. The van der Waals surface area contributed by atoms with Crippen LogP contribution in [0.15, 0.2) is 0 Å². The van der Waals surface area contributed by atoms with Crippen molar-refractivity contribution in [1.82, 2.24) is 5.32 Å². The van der Waals surface area contributed by atoms with Gasteiger partial charge in [-0.2, -0.15) is 0 Å². The molecule has 0 saturated heterocycles. The van der Waals surface area contributed by atoms with Crippen molar-refractivity contribution in [2.75, 3.05) is 20.8 Å². The minimum Gasteiger partial charge on any atom is -0.315 e. The normalized spacial score (nSPS) is 8.25. The second kappa shape index (κ2) is 9.89. The van der Waals surface area contributed by atoms with E-state index in [2.05, 4.69) is 5.32 Å². The fourth-order valence-electron chi connectivity index (χ4n) is 0.154. The zero-order chi connectivity index (χ0) is 6.99. The van der Waals surface area contributed by atoms with Gasteiger partial charge in [0.2, 0.25) is 0 Å². The summed E-state index contributed by atoms with van der Waals surface area (Å²) in [5, 5.41) is 2.32. The fourth-order valence-corrected chi connectivity index (χ4v) is 0.154. The van der Waals surface area contributed by atoms with Crippen molar-refractivity contribution in [3.63, 3.8) is 0 Å². The molecular formula is C4H10F3N. The second-order valence-corrected chi connectivity index (χ2v) is 0.949. The highest BCUT2D eigenvalue weighted by Crippen LogP contribution is 1.84. The van der Waals surface area contributed by atoms with Crippen molar-refractivity contribution in [2.45, 2.75) is 6.43 Å². The van der Waals surface area contributed by atoms with Gasteiger partial charge in [0, 0.05) is 0 Å². The van der Waals surface area contributed by atoms with Crippen LogP contribution in [0.2, 0.25) is 0 Å². The van der Waals surface area contributed by atoms with E-state index in [4.69, 9.17) is 0 Å². The van der Waals surface area contributed by atoms with Gasteiger partial charge >= 0.3 is 0 Å². The van der Waals surface area contributed by atoms with Crippen LogP contribution in [0.3, 0.4) is 0 Å². The zero-order valence-corrected chi connectivity index (χ0v) is 4.92. The third-order valence-corrected chi connectivity index (χ3v) is 0.358. The van der Waals surface area contributed by atoms with Gasteiger partial charge < -0.3 is 5.32 Å². The Morgan fingerprint density at radius 3 is 1.75 bits per heavy atom. The zero-order valence-electron chi connectivity index (χ0n) is 4.92. The Balaban J connectivity index is 0. The van der Waals surface area contributed by atoms with Crippen molar-refractivity contribution in [2.24, 2.45) is 0 Å². The predicted octanol–water partition coefficient (Wildman–Crippen LogP) is 1.06. The summed E-state index contributed by atoms with van der Waals surface area (Å²) in [5.74, 6) is 0. The summed E-state index contributed by atoms with van der Waals surface area (Å²) in [4.78, 5) is 0. The highest BCUT2D eigenvalue weighted by Gasteiger charge is 1.94. The molecule has 0 radical (unpaired) electrons. The molecule has 1 nitrogen and oxygen atoms in total. The largest absolute Gasteiger partial charge is 0.315 e. The van der Waals surface area contributed by atoms with Crippen LogP contribution in [-0.2, 0) is 0 Å². The lowest BCUT2D eigenvalue weighted by atomic mass is 10.7. The van der Waals surface area contributed by atoms with Crippen LogP contribution in [0.1, 0.15) is 0 Å². The molecule has 0 aromatic carbocycles. The molecule has 0 rings (SSSR count). The predicted molar refractivity (Wildman–Crippen MR) is 27.0 cm³/mol. The van der Waals surface area contributed by atoms with Crippen LogP contribution in [0, 0.1) is 0 Å². The molecule has 0 aromatic heterocycles. The third-order valence-electron chi connectivity index (χ3n) is 0.358. The first-order valence-corrected chi connectivity index (χ1v) is 2.08. The molecule has 0 bridgehead atoms. The maximum absolute atomic E-state index is 11.0. The number of halogens is 3. The molecule has 0 unspecified atom stereocenters. The number of alkyl halides is 3. The van der Waals surface area contributed by atoms with E-state index in [1.54, 1.807) is 0 Å². The summed E-state index contributed by atoms with van der Waals surface area (Å²) in [6, 6.07) is 0. The quantitative estimate of drug-likeness (QED) is 0.587. The summed E-state index contributed by atoms with van der Waals surface area (Å²) < 4.78 is 31.4. The lowest BCUT2D eigenvalue weighted by molar-refractivity contribution is 0.149. The minimum atomic E-state index is -2.21. The van der Waals surface area contributed by atoms with E-state index in [9.17, 15) is 13.2 Å². The van der Waals surface area contributed by atoms with E-state index < -0.39 is 6.43 Å². The Morgan fingerprint density at radius 1 is 1.38 bits per heavy atom. The van der Waals surface area contributed by atoms with Crippen LogP contribution in [-0.4, -0.2) is 27.2 Å². The van der Waals surface area contributed by atoms with Crippen molar-refractivity contribution in [3.8, 4) is 0 Å². The van der Waals surface area contributed by atoms with E-state index in [1.807, 2.05) is 0 Å². The van der Waals surface area contributed by atoms with Gasteiger partial charge in [0.05, 0.1) is 13.7 Å². The molecule has 4 heteroatoms. The van der Waals surface area contributed by atoms with Crippen molar-refractivity contribution in [1.29, 1.82) is 0 Å². The first-order chi connectivity index (χ1) is 3.77. The van der Waals surface area contributed by atoms with Crippen molar-refractivity contribution < 1.29 is 13.2 Å². The van der Waals surface area contributed by atoms with E-state index in [0.717, 1.165) is 0 Å². The fraction of sp³-hybridized carbons (Fsp3) is 1.00. The third kappa shape index (κ3) is 17.2. The first-order valence-electron chi connectivity index (χ1n) is 2.08. The van der Waals surface area contributed by atoms with Crippen LogP contribution in [0.5, 0.6) is 0 Å². The molecule has 0 saturated carbocycles. The van der Waals surface area contributed by atoms with Crippen LogP contribution >= 0.6 is 0 Å². The summed E-state index contributed by atoms with van der Waals surface area (Å²) in [6.07, 6.45) is -2.21. The van der Waals surface area contributed by atoms with Gasteiger partial charge in [-0.1, -0.05) is 0 Å². The molecule has 52 valence electrons. The smallest absolute Gasteiger partial charge is 0.250 e. The molecule has 0 aromatic rings. The molecule has 0 aliphatic heterocycles. The van der Waals surface area contributed by atoms with E-state index in [-0.39, 0.29) is 6.54 Å². The average Bonchev–Trinajstić information content (AvgIpc) is 1.72. The van der Waals surface area contributed by atoms with Gasteiger partial charge in [-0.15, -0.1) is 0 Å². The molecule has 0 fully saturated rings. The summed E-state index contributed by atoms with van der Waals surface area (Å²) >= 11 is 0. The number of nitrogens with one attached hydrogen (secondary N) is 1. The van der Waals surface area contributed by atoms with E-state index >= 15 is 0 Å². The van der Waals surface area contributed by atoms with Gasteiger partial charge in [0.15, 0.2) is 0 Å². The molecule has 8 heavy (non-hydrogen) atoms. The van der Waals surface area contributed by atoms with Gasteiger partial charge in [0.1, 0.15) is 0 Å². The Kier molecular flexibility index (Phi) is 13.2. The monoisotopic (exact) mass is 129 g/mol. The number of rotatable bonds is 2. The standard InChI is InChI=1S/C3H7F2N.CH3F/c1-6-2-3(4)5;1-2/h3,6H,2H2,1H3;1H3. The lowest BCUT2D eigenvalue weighted by Crippen LogP contribution is -2.15. The van der Waals surface area contributed by atoms with Crippen LogP contribution in [0.25, 0.3) is 0 Å². The van der Waals surface area contributed by atoms with Crippen molar-refractivity contribution >= 4 is 0 Å². The van der Waals surface area contributed by atoms with E-state index in [1.165, 1.54) is 7.05 Å². The maximum atomic E-state index is 11.0. The second-order valence-electron chi connectivity index (χ2n) is 0.949. The van der Waals surface area contributed by atoms with Crippen LogP contribution in [0.4, 0.5) is 13.2 Å². The summed E-state index contributed by atoms with van der Waals surface area (Å²) in [7, 11) is 1.99. The summed E-state index contributed by atoms with van der Waals surface area (Å²) in [5.41, 5.74) is 0. The first kappa shape index (κ1) is 10.7. The molecule has 0 aliphatic rings. The van der Waals surface area contributed by atoms with Gasteiger partial charge in [-0.25, -0.2) is 8.78 Å². The van der Waals surface area contributed by atoms with Crippen molar-refractivity contribution in [3.05, 3.63) is 0 Å². The van der Waals surface area contributed by atoms with E-state index in [0.29, 0.717) is 7.18 Å². The Labute approximate surface area is 46.9 Å². The molecule has 0 heterocycles. The molecule has 0 spiro atoms. The highest BCUT2D eigenvalue weighted by molar-refractivity contribution is 4.37. The number of hydrogen-bond donors (Lipinski definition) is 1. The molecular weight excluding hydrogens is 119 g/mol. The average molecular weight is 129 g/mol. The van der Waals surface area contributed by atoms with Gasteiger partial charge in [-0.05, 0) is 7.05 Å². The maximum Gasteiger partial charge on any atom is 0.250 e. The SMILES string of the molecule is CF.CNCC(F)F. The Morgan fingerprint density at radius 2 is 1.75 bits per heavy atom. The van der Waals surface area contributed by atoms with Gasteiger partial charge in [-0.3, -0.25) is 4.39 Å². The molecule has 0 atom stereocenters. The molecule has 0 amide bonds. The minimum absolute atomic E-state index is 0.208. The topological polar surface area (TPSA) is 12.0 Å². The molecule has 1 N–H and O–H groups in total.